The number of benzene rings is 1. The Balaban J connectivity index is 1.46. The number of carbonyl (C=O) groups excluding carboxylic acids is 1. The van der Waals surface area contributed by atoms with E-state index < -0.39 is 11.6 Å². The third kappa shape index (κ3) is 5.16. The minimum atomic E-state index is -0.894. The van der Waals surface area contributed by atoms with Crippen LogP contribution in [0.4, 0.5) is 10.5 Å². The summed E-state index contributed by atoms with van der Waals surface area (Å²) in [6.45, 7) is 11.0. The van der Waals surface area contributed by atoms with E-state index in [9.17, 15) is 9.59 Å². The van der Waals surface area contributed by atoms with Crippen LogP contribution in [0.25, 0.3) is 0 Å². The number of rotatable bonds is 3. The van der Waals surface area contributed by atoms with Gasteiger partial charge in [0.15, 0.2) is 0 Å². The summed E-state index contributed by atoms with van der Waals surface area (Å²) in [6, 6.07) is 7.61. The van der Waals surface area contributed by atoms with Crippen molar-refractivity contribution in [1.82, 2.24) is 9.80 Å². The predicted octanol–water partition coefficient (Wildman–Crippen LogP) is 2.91. The van der Waals surface area contributed by atoms with Crippen molar-refractivity contribution in [2.75, 3.05) is 44.2 Å². The number of carboxylic acid groups (broad SMARTS) is 1. The van der Waals surface area contributed by atoms with Crippen LogP contribution in [0.2, 0.25) is 0 Å². The second-order valence-electron chi connectivity index (χ2n) is 8.57. The van der Waals surface area contributed by atoms with Crippen molar-refractivity contribution < 1.29 is 19.4 Å². The van der Waals surface area contributed by atoms with Gasteiger partial charge in [-0.05, 0) is 57.9 Å². The number of ether oxygens (including phenoxy) is 1. The van der Waals surface area contributed by atoms with Gasteiger partial charge in [-0.3, -0.25) is 4.90 Å². The third-order valence-corrected chi connectivity index (χ3v) is 5.43. The lowest BCUT2D eigenvalue weighted by Gasteiger charge is -2.43. The lowest BCUT2D eigenvalue weighted by Crippen LogP contribution is -2.54. The molecule has 0 spiro atoms. The molecule has 2 heterocycles. The van der Waals surface area contributed by atoms with E-state index in [4.69, 9.17) is 9.84 Å². The topological polar surface area (TPSA) is 73.3 Å². The van der Waals surface area contributed by atoms with Gasteiger partial charge >= 0.3 is 12.1 Å². The maximum atomic E-state index is 12.2. The molecule has 1 N–H and O–H groups in total. The SMILES string of the molecule is CC(C)(C)OC(=O)N1CCC(N2CCN(c3ccc(C(=O)O)cc3)CC2)CC1. The minimum Gasteiger partial charge on any atom is -0.478 e. The largest absolute Gasteiger partial charge is 0.478 e. The van der Waals surface area contributed by atoms with Crippen molar-refractivity contribution in [3.63, 3.8) is 0 Å². The molecule has 1 amide bonds. The molecule has 0 bridgehead atoms. The molecule has 0 unspecified atom stereocenters. The van der Waals surface area contributed by atoms with Crippen LogP contribution in [-0.2, 0) is 4.74 Å². The molecule has 154 valence electrons. The summed E-state index contributed by atoms with van der Waals surface area (Å²) in [5.41, 5.74) is 0.941. The molecule has 0 aliphatic carbocycles. The van der Waals surface area contributed by atoms with Gasteiger partial charge in [-0.2, -0.15) is 0 Å². The van der Waals surface area contributed by atoms with Crippen molar-refractivity contribution in [3.05, 3.63) is 29.8 Å². The first-order chi connectivity index (χ1) is 13.2. The van der Waals surface area contributed by atoms with Gasteiger partial charge in [-0.1, -0.05) is 0 Å². The molecule has 0 radical (unpaired) electrons. The summed E-state index contributed by atoms with van der Waals surface area (Å²) >= 11 is 0. The average molecular weight is 389 g/mol. The molecule has 0 atom stereocenters. The zero-order valence-electron chi connectivity index (χ0n) is 17.1. The average Bonchev–Trinajstić information content (AvgIpc) is 2.67. The molecule has 28 heavy (non-hydrogen) atoms. The Morgan fingerprint density at radius 1 is 0.964 bits per heavy atom. The number of piperazine rings is 1. The molecule has 0 aromatic heterocycles. The zero-order valence-corrected chi connectivity index (χ0v) is 17.1. The van der Waals surface area contributed by atoms with E-state index >= 15 is 0 Å². The van der Waals surface area contributed by atoms with E-state index in [1.165, 1.54) is 0 Å². The Morgan fingerprint density at radius 3 is 2.04 bits per heavy atom. The van der Waals surface area contributed by atoms with Crippen molar-refractivity contribution >= 4 is 17.7 Å². The normalized spacial score (nSPS) is 19.5. The molecular formula is C21H31N3O4. The predicted molar refractivity (Wildman–Crippen MR) is 108 cm³/mol. The molecule has 2 aliphatic heterocycles. The Kier molecular flexibility index (Phi) is 6.13. The van der Waals surface area contributed by atoms with E-state index in [0.29, 0.717) is 11.6 Å². The lowest BCUT2D eigenvalue weighted by atomic mass is 10.0. The van der Waals surface area contributed by atoms with Gasteiger partial charge < -0.3 is 19.6 Å². The third-order valence-electron chi connectivity index (χ3n) is 5.43. The number of hydrogen-bond donors (Lipinski definition) is 1. The summed E-state index contributed by atoms with van der Waals surface area (Å²) in [7, 11) is 0. The molecule has 2 aliphatic rings. The van der Waals surface area contributed by atoms with E-state index in [1.54, 1.807) is 12.1 Å². The quantitative estimate of drug-likeness (QED) is 0.857. The standard InChI is InChI=1S/C21H31N3O4/c1-21(2,3)28-20(27)24-10-8-18(9-11-24)23-14-12-22(13-15-23)17-6-4-16(5-7-17)19(25)26/h4-7,18H,8-15H2,1-3H3,(H,25,26). The fraction of sp³-hybridized carbons (Fsp3) is 0.619. The number of nitrogens with zero attached hydrogens (tertiary/aromatic N) is 3. The summed E-state index contributed by atoms with van der Waals surface area (Å²) < 4.78 is 5.47. The molecule has 2 fully saturated rings. The van der Waals surface area contributed by atoms with Crippen molar-refractivity contribution in [1.29, 1.82) is 0 Å². The van der Waals surface area contributed by atoms with Gasteiger partial charge in [-0.25, -0.2) is 9.59 Å². The Morgan fingerprint density at radius 2 is 1.54 bits per heavy atom. The van der Waals surface area contributed by atoms with Crippen molar-refractivity contribution in [2.45, 2.75) is 45.3 Å². The highest BCUT2D eigenvalue weighted by Crippen LogP contribution is 2.23. The highest BCUT2D eigenvalue weighted by atomic mass is 16.6. The Hall–Kier alpha value is -2.28. The number of amides is 1. The van der Waals surface area contributed by atoms with E-state index in [1.807, 2.05) is 37.8 Å². The highest BCUT2D eigenvalue weighted by molar-refractivity contribution is 5.88. The summed E-state index contributed by atoms with van der Waals surface area (Å²) in [5.74, 6) is -0.894. The fourth-order valence-corrected chi connectivity index (χ4v) is 3.90. The number of hydrogen-bond acceptors (Lipinski definition) is 5. The fourth-order valence-electron chi connectivity index (χ4n) is 3.90. The first-order valence-electron chi connectivity index (χ1n) is 10.0. The molecule has 1 aromatic rings. The van der Waals surface area contributed by atoms with Crippen LogP contribution < -0.4 is 4.90 Å². The summed E-state index contributed by atoms with van der Waals surface area (Å²) in [6.07, 6.45) is 1.75. The highest BCUT2D eigenvalue weighted by Gasteiger charge is 2.31. The first kappa shape index (κ1) is 20.5. The molecule has 7 heteroatoms. The number of aromatic carboxylic acids is 1. The van der Waals surface area contributed by atoms with Gasteiger partial charge in [0.2, 0.25) is 0 Å². The number of anilines is 1. The summed E-state index contributed by atoms with van der Waals surface area (Å²) in [4.78, 5) is 29.8. The van der Waals surface area contributed by atoms with Crippen LogP contribution in [0.15, 0.2) is 24.3 Å². The van der Waals surface area contributed by atoms with Crippen LogP contribution in [0.5, 0.6) is 0 Å². The van der Waals surface area contributed by atoms with Gasteiger partial charge in [0.05, 0.1) is 5.56 Å². The molecule has 1 aromatic carbocycles. The van der Waals surface area contributed by atoms with Gasteiger partial charge in [0.25, 0.3) is 0 Å². The lowest BCUT2D eigenvalue weighted by molar-refractivity contribution is 0.0139. The van der Waals surface area contributed by atoms with E-state index in [0.717, 1.165) is 57.8 Å². The maximum Gasteiger partial charge on any atom is 0.410 e. The van der Waals surface area contributed by atoms with Crippen molar-refractivity contribution in [2.24, 2.45) is 0 Å². The molecule has 3 rings (SSSR count). The Labute approximate surface area is 166 Å². The van der Waals surface area contributed by atoms with E-state index in [2.05, 4.69) is 9.80 Å². The molecular weight excluding hydrogens is 358 g/mol. The van der Waals surface area contributed by atoms with Crippen LogP contribution in [0, 0.1) is 0 Å². The first-order valence-corrected chi connectivity index (χ1v) is 10.0. The second kappa shape index (κ2) is 8.39. The number of carboxylic acids is 1. The van der Waals surface area contributed by atoms with Crippen LogP contribution in [0.3, 0.4) is 0 Å². The van der Waals surface area contributed by atoms with E-state index in [-0.39, 0.29) is 6.09 Å². The van der Waals surface area contributed by atoms with Gasteiger partial charge in [0.1, 0.15) is 5.60 Å². The summed E-state index contributed by atoms with van der Waals surface area (Å²) in [5, 5.41) is 9.02. The monoisotopic (exact) mass is 389 g/mol. The smallest absolute Gasteiger partial charge is 0.410 e. The van der Waals surface area contributed by atoms with Crippen LogP contribution in [-0.4, -0.2) is 77.9 Å². The minimum absolute atomic E-state index is 0.208. The molecule has 2 saturated heterocycles. The second-order valence-corrected chi connectivity index (χ2v) is 8.57. The number of piperidine rings is 1. The number of carbonyl (C=O) groups is 2. The molecule has 0 saturated carbocycles. The number of likely N-dealkylation sites (tertiary alicyclic amines) is 1. The van der Waals surface area contributed by atoms with Crippen molar-refractivity contribution in [3.8, 4) is 0 Å². The zero-order chi connectivity index (χ0) is 20.3. The Bertz CT molecular complexity index is 683. The van der Waals surface area contributed by atoms with Crippen LogP contribution >= 0.6 is 0 Å². The maximum absolute atomic E-state index is 12.2. The molecule has 7 nitrogen and oxygen atoms in total. The van der Waals surface area contributed by atoms with Gasteiger partial charge in [-0.15, -0.1) is 0 Å². The van der Waals surface area contributed by atoms with Crippen LogP contribution in [0.1, 0.15) is 44.0 Å². The van der Waals surface area contributed by atoms with Gasteiger partial charge in [0, 0.05) is 51.0 Å².